The van der Waals surface area contributed by atoms with Crippen LogP contribution in [0, 0.1) is 0 Å². The number of Topliss-reactive ketones (excluding diaryl/α,β-unsaturated/α-hetero) is 1. The Hall–Kier alpha value is -4.05. The molecular weight excluding hydrogens is 518 g/mol. The highest BCUT2D eigenvalue weighted by Crippen LogP contribution is 2.23. The third kappa shape index (κ3) is 6.17. The third-order valence-electron chi connectivity index (χ3n) is 8.00. The minimum absolute atomic E-state index is 0.0852. The second-order valence-corrected chi connectivity index (χ2v) is 10.7. The number of ketones is 1. The molecule has 0 atom stereocenters. The Labute approximate surface area is 239 Å². The first-order valence-electron chi connectivity index (χ1n) is 14.2. The van der Waals surface area contributed by atoms with Crippen molar-refractivity contribution >= 4 is 28.4 Å². The molecule has 0 radical (unpaired) electrons. The van der Waals surface area contributed by atoms with Gasteiger partial charge in [-0.1, -0.05) is 36.4 Å². The van der Waals surface area contributed by atoms with E-state index in [2.05, 4.69) is 38.6 Å². The van der Waals surface area contributed by atoms with Crippen molar-refractivity contribution in [2.45, 2.75) is 13.1 Å². The summed E-state index contributed by atoms with van der Waals surface area (Å²) in [5.74, 6) is -0.196. The summed E-state index contributed by atoms with van der Waals surface area (Å²) in [4.78, 5) is 36.2. The van der Waals surface area contributed by atoms with Gasteiger partial charge >= 0.3 is 0 Å². The van der Waals surface area contributed by atoms with Gasteiger partial charge < -0.3 is 24.2 Å². The van der Waals surface area contributed by atoms with E-state index in [-0.39, 0.29) is 11.7 Å². The fraction of sp³-hybridized carbons (Fsp3) is 0.344. The summed E-state index contributed by atoms with van der Waals surface area (Å²) in [7, 11) is 0. The summed E-state index contributed by atoms with van der Waals surface area (Å²) in [5, 5.41) is 10.1. The summed E-state index contributed by atoms with van der Waals surface area (Å²) < 4.78 is 7.52. The average Bonchev–Trinajstić information content (AvgIpc) is 3.43. The molecule has 1 N–H and O–H groups in total. The number of carbonyl (C=O) groups excluding carboxylic acids is 2. The predicted molar refractivity (Wildman–Crippen MR) is 157 cm³/mol. The molecule has 1 amide bonds. The zero-order chi connectivity index (χ0) is 28.2. The third-order valence-corrected chi connectivity index (χ3v) is 8.00. The van der Waals surface area contributed by atoms with Crippen LogP contribution in [-0.4, -0.2) is 95.2 Å². The molecule has 2 saturated heterocycles. The van der Waals surface area contributed by atoms with Crippen LogP contribution in [0.1, 0.15) is 31.8 Å². The number of aromatic nitrogens is 2. The number of hydrogen-bond donors (Lipinski definition) is 1. The smallest absolute Gasteiger partial charge is 0.253 e. The fourth-order valence-electron chi connectivity index (χ4n) is 5.57. The summed E-state index contributed by atoms with van der Waals surface area (Å²) in [6, 6.07) is 19.6. The van der Waals surface area contributed by atoms with Gasteiger partial charge in [0.05, 0.1) is 25.1 Å². The van der Waals surface area contributed by atoms with Gasteiger partial charge in [0.15, 0.2) is 5.78 Å². The number of aliphatic hydroxyl groups is 1. The monoisotopic (exact) mass is 553 g/mol. The van der Waals surface area contributed by atoms with E-state index in [1.165, 1.54) is 5.56 Å². The number of anilines is 1. The maximum Gasteiger partial charge on any atom is 0.253 e. The Morgan fingerprint density at radius 1 is 0.805 bits per heavy atom. The van der Waals surface area contributed by atoms with Crippen LogP contribution in [0.2, 0.25) is 0 Å². The predicted octanol–water partition coefficient (Wildman–Crippen LogP) is 3.05. The topological polar surface area (TPSA) is 91.1 Å². The molecule has 4 aromatic rings. The molecule has 2 aliphatic heterocycles. The number of hydrogen-bond acceptors (Lipinski definition) is 7. The number of carbonyl (C=O) groups is 2. The highest BCUT2D eigenvalue weighted by molar-refractivity contribution is 5.97. The van der Waals surface area contributed by atoms with Crippen molar-refractivity contribution in [3.8, 4) is 0 Å². The number of benzene rings is 2. The maximum atomic E-state index is 13.2. The van der Waals surface area contributed by atoms with Crippen molar-refractivity contribution in [3.05, 3.63) is 95.3 Å². The highest BCUT2D eigenvalue weighted by atomic mass is 16.5. The number of fused-ring (bicyclic) bond motifs is 1. The number of amides is 1. The molecule has 0 bridgehead atoms. The van der Waals surface area contributed by atoms with Gasteiger partial charge in [-0.15, -0.1) is 0 Å². The van der Waals surface area contributed by atoms with E-state index < -0.39 is 6.61 Å². The van der Waals surface area contributed by atoms with E-state index in [0.29, 0.717) is 25.2 Å². The van der Waals surface area contributed by atoms with Crippen molar-refractivity contribution in [1.82, 2.24) is 19.4 Å². The van der Waals surface area contributed by atoms with Crippen LogP contribution >= 0.6 is 0 Å². The number of pyridine rings is 1. The van der Waals surface area contributed by atoms with E-state index in [9.17, 15) is 9.59 Å². The molecule has 2 aromatic carbocycles. The summed E-state index contributed by atoms with van der Waals surface area (Å²) in [6.45, 7) is 7.36. The number of rotatable bonds is 8. The zero-order valence-electron chi connectivity index (χ0n) is 23.1. The number of ether oxygens (including phenoxy) is 1. The largest absolute Gasteiger partial charge is 0.388 e. The quantitative estimate of drug-likeness (QED) is 0.336. The average molecular weight is 554 g/mol. The van der Waals surface area contributed by atoms with Crippen molar-refractivity contribution in [2.24, 2.45) is 0 Å². The molecule has 2 fully saturated rings. The first-order chi connectivity index (χ1) is 20.1. The van der Waals surface area contributed by atoms with Crippen molar-refractivity contribution in [2.75, 3.05) is 64.0 Å². The van der Waals surface area contributed by atoms with Gasteiger partial charge in [0.25, 0.3) is 5.91 Å². The Morgan fingerprint density at radius 2 is 1.46 bits per heavy atom. The molecule has 0 unspecified atom stereocenters. The lowest BCUT2D eigenvalue weighted by Crippen LogP contribution is -2.48. The van der Waals surface area contributed by atoms with Crippen LogP contribution in [0.3, 0.4) is 0 Å². The molecule has 41 heavy (non-hydrogen) atoms. The summed E-state index contributed by atoms with van der Waals surface area (Å²) in [6.07, 6.45) is 3.93. The molecule has 212 valence electrons. The van der Waals surface area contributed by atoms with Gasteiger partial charge in [-0.3, -0.25) is 14.5 Å². The van der Waals surface area contributed by atoms with Crippen LogP contribution in [0.4, 0.5) is 5.69 Å². The van der Waals surface area contributed by atoms with Gasteiger partial charge in [0.1, 0.15) is 12.3 Å². The minimum atomic E-state index is -0.483. The van der Waals surface area contributed by atoms with E-state index in [1.54, 1.807) is 12.1 Å². The van der Waals surface area contributed by atoms with Crippen LogP contribution in [0.5, 0.6) is 0 Å². The molecule has 2 aliphatic rings. The molecule has 4 heterocycles. The van der Waals surface area contributed by atoms with Gasteiger partial charge in [0, 0.05) is 75.1 Å². The number of piperazine rings is 1. The standard InChI is InChI=1S/C32H35N5O4/c38-23-30(39)26-5-1-25(2-6-26)22-37-10-9-28-19-29(20-33-31(28)37)35-11-13-36(14-12-35)32(40)27-7-3-24(4-8-27)21-34-15-17-41-18-16-34/h1-10,19-20,38H,11-18,21-23H2. The lowest BCUT2D eigenvalue weighted by Gasteiger charge is -2.36. The lowest BCUT2D eigenvalue weighted by atomic mass is 10.1. The fourth-order valence-corrected chi connectivity index (χ4v) is 5.57. The Bertz CT molecular complexity index is 1500. The van der Waals surface area contributed by atoms with E-state index in [1.807, 2.05) is 41.6 Å². The van der Waals surface area contributed by atoms with Crippen LogP contribution in [0.25, 0.3) is 11.0 Å². The molecule has 0 aliphatic carbocycles. The number of nitrogens with zero attached hydrogens (tertiary/aromatic N) is 5. The van der Waals surface area contributed by atoms with Gasteiger partial charge in [0.2, 0.25) is 0 Å². The molecule has 2 aromatic heterocycles. The minimum Gasteiger partial charge on any atom is -0.388 e. The Kier molecular flexibility index (Phi) is 8.09. The first kappa shape index (κ1) is 27.1. The van der Waals surface area contributed by atoms with Crippen molar-refractivity contribution in [3.63, 3.8) is 0 Å². The SMILES string of the molecule is O=C(CO)c1ccc(Cn2ccc3cc(N4CCN(C(=O)c5ccc(CN6CCOCC6)cc5)CC4)cnc32)cc1. The lowest BCUT2D eigenvalue weighted by molar-refractivity contribution is 0.0342. The zero-order valence-corrected chi connectivity index (χ0v) is 23.1. The maximum absolute atomic E-state index is 13.2. The normalized spacial score (nSPS) is 16.3. The van der Waals surface area contributed by atoms with Crippen LogP contribution in [0.15, 0.2) is 73.1 Å². The highest BCUT2D eigenvalue weighted by Gasteiger charge is 2.23. The molecule has 6 rings (SSSR count). The number of morpholine rings is 1. The molecule has 9 nitrogen and oxygen atoms in total. The van der Waals surface area contributed by atoms with Crippen LogP contribution in [-0.2, 0) is 17.8 Å². The van der Waals surface area contributed by atoms with Crippen molar-refractivity contribution in [1.29, 1.82) is 0 Å². The summed E-state index contributed by atoms with van der Waals surface area (Å²) in [5.41, 5.74) is 5.48. The van der Waals surface area contributed by atoms with E-state index in [4.69, 9.17) is 14.8 Å². The molecular formula is C32H35N5O4. The van der Waals surface area contributed by atoms with E-state index >= 15 is 0 Å². The molecule has 0 spiro atoms. The molecule has 9 heteroatoms. The Balaban J connectivity index is 1.04. The van der Waals surface area contributed by atoms with E-state index in [0.717, 1.165) is 73.8 Å². The second-order valence-electron chi connectivity index (χ2n) is 10.7. The number of aliphatic hydroxyl groups excluding tert-OH is 1. The second kappa shape index (κ2) is 12.2. The van der Waals surface area contributed by atoms with Crippen molar-refractivity contribution < 1.29 is 19.4 Å². The molecule has 0 saturated carbocycles. The van der Waals surface area contributed by atoms with Gasteiger partial charge in [-0.2, -0.15) is 0 Å². The summed E-state index contributed by atoms with van der Waals surface area (Å²) >= 11 is 0. The first-order valence-corrected chi connectivity index (χ1v) is 14.2. The van der Waals surface area contributed by atoms with Crippen LogP contribution < -0.4 is 4.90 Å². The Morgan fingerprint density at radius 3 is 2.15 bits per heavy atom. The van der Waals surface area contributed by atoms with Gasteiger partial charge in [-0.25, -0.2) is 4.98 Å². The van der Waals surface area contributed by atoms with Gasteiger partial charge in [-0.05, 0) is 35.4 Å².